The van der Waals surface area contributed by atoms with Crippen LogP contribution in [-0.2, 0) is 0 Å². The van der Waals surface area contributed by atoms with Crippen LogP contribution in [0.1, 0.15) is 19.4 Å². The molecule has 5 heteroatoms. The zero-order valence-electron chi connectivity index (χ0n) is 11.5. The van der Waals surface area contributed by atoms with Crippen LogP contribution < -0.4 is 4.90 Å². The Kier molecular flexibility index (Phi) is 4.35. The summed E-state index contributed by atoms with van der Waals surface area (Å²) in [6.07, 6.45) is 1.42. The van der Waals surface area contributed by atoms with Gasteiger partial charge in [-0.15, -0.1) is 0 Å². The summed E-state index contributed by atoms with van der Waals surface area (Å²) >= 11 is 0. The van der Waals surface area contributed by atoms with Crippen molar-refractivity contribution in [3.8, 4) is 6.07 Å². The van der Waals surface area contributed by atoms with Gasteiger partial charge in [0.2, 0.25) is 0 Å². The van der Waals surface area contributed by atoms with E-state index in [2.05, 4.69) is 27.8 Å². The quantitative estimate of drug-likeness (QED) is 0.872. The molecule has 5 nitrogen and oxygen atoms in total. The number of aliphatic hydroxyl groups is 1. The third-order valence-electron chi connectivity index (χ3n) is 3.47. The summed E-state index contributed by atoms with van der Waals surface area (Å²) in [5.74, 6) is 0.772. The predicted molar refractivity (Wildman–Crippen MR) is 73.9 cm³/mol. The third kappa shape index (κ3) is 3.22. The van der Waals surface area contributed by atoms with Gasteiger partial charge in [-0.25, -0.2) is 4.98 Å². The number of pyridine rings is 1. The molecule has 0 bridgehead atoms. The van der Waals surface area contributed by atoms with Crippen molar-refractivity contribution < 1.29 is 5.11 Å². The van der Waals surface area contributed by atoms with Gasteiger partial charge in [-0.05, 0) is 26.0 Å². The number of aliphatic hydroxyl groups excluding tert-OH is 1. The number of β-amino-alcohol motifs (C(OH)–C–C–N with tert-alkyl or cyclic N) is 1. The molecule has 1 N–H and O–H groups in total. The van der Waals surface area contributed by atoms with Crippen molar-refractivity contribution in [2.45, 2.75) is 26.0 Å². The first-order valence-electron chi connectivity index (χ1n) is 6.64. The molecule has 0 unspecified atom stereocenters. The van der Waals surface area contributed by atoms with Gasteiger partial charge in [-0.1, -0.05) is 0 Å². The second kappa shape index (κ2) is 6.00. The van der Waals surface area contributed by atoms with Gasteiger partial charge in [0.05, 0.1) is 11.7 Å². The monoisotopic (exact) mass is 260 g/mol. The molecule has 0 saturated carbocycles. The lowest BCUT2D eigenvalue weighted by Gasteiger charge is -2.41. The number of hydrogen-bond acceptors (Lipinski definition) is 5. The minimum atomic E-state index is -0.307. The van der Waals surface area contributed by atoms with Crippen molar-refractivity contribution in [3.63, 3.8) is 0 Å². The van der Waals surface area contributed by atoms with E-state index in [9.17, 15) is 5.11 Å². The molecule has 1 aromatic rings. The third-order valence-corrected chi connectivity index (χ3v) is 3.47. The summed E-state index contributed by atoms with van der Waals surface area (Å²) in [5.41, 5.74) is 0.624. The fourth-order valence-electron chi connectivity index (χ4n) is 2.53. The molecule has 1 fully saturated rings. The summed E-state index contributed by atoms with van der Waals surface area (Å²) in [6.45, 7) is 7.20. The normalized spacial score (nSPS) is 22.0. The molecule has 1 aliphatic heterocycles. The fourth-order valence-corrected chi connectivity index (χ4v) is 2.53. The first kappa shape index (κ1) is 13.8. The molecule has 1 saturated heterocycles. The summed E-state index contributed by atoms with van der Waals surface area (Å²) < 4.78 is 0. The smallest absolute Gasteiger partial charge is 0.146 e. The summed E-state index contributed by atoms with van der Waals surface area (Å²) in [4.78, 5) is 8.76. The molecule has 102 valence electrons. The largest absolute Gasteiger partial charge is 0.392 e. The molecular formula is C14H20N4O. The van der Waals surface area contributed by atoms with Crippen molar-refractivity contribution in [1.29, 1.82) is 5.26 Å². The highest BCUT2D eigenvalue weighted by Crippen LogP contribution is 2.20. The van der Waals surface area contributed by atoms with E-state index in [-0.39, 0.29) is 6.10 Å². The van der Waals surface area contributed by atoms with Crippen LogP contribution in [0.4, 0.5) is 5.82 Å². The van der Waals surface area contributed by atoms with Crippen molar-refractivity contribution in [3.05, 3.63) is 23.9 Å². The Balaban J connectivity index is 2.08. The van der Waals surface area contributed by atoms with Gasteiger partial charge in [0, 0.05) is 38.4 Å². The van der Waals surface area contributed by atoms with E-state index in [1.165, 1.54) is 0 Å². The second-order valence-electron chi connectivity index (χ2n) is 5.13. The Morgan fingerprint density at radius 2 is 2.37 bits per heavy atom. The van der Waals surface area contributed by atoms with Crippen molar-refractivity contribution >= 4 is 5.82 Å². The minimum absolute atomic E-state index is 0.307. The first-order chi connectivity index (χ1) is 9.11. The fraction of sp³-hybridized carbons (Fsp3) is 0.571. The topological polar surface area (TPSA) is 63.4 Å². The Hall–Kier alpha value is -1.64. The van der Waals surface area contributed by atoms with Gasteiger partial charge < -0.3 is 10.0 Å². The lowest BCUT2D eigenvalue weighted by molar-refractivity contribution is 0.0958. The average molecular weight is 260 g/mol. The molecule has 0 amide bonds. The predicted octanol–water partition coefficient (Wildman–Crippen LogP) is 0.845. The maximum atomic E-state index is 9.48. The SMILES string of the molecule is C[C@H](O)CN1CCN(c2ncccc2C#N)C[C@H]1C. The molecule has 0 aliphatic carbocycles. The summed E-state index contributed by atoms with van der Waals surface area (Å²) in [6, 6.07) is 6.13. The summed E-state index contributed by atoms with van der Waals surface area (Å²) in [5, 5.41) is 18.6. The highest BCUT2D eigenvalue weighted by atomic mass is 16.3. The van der Waals surface area contributed by atoms with Crippen molar-refractivity contribution in [2.75, 3.05) is 31.1 Å². The number of aromatic nitrogens is 1. The molecule has 2 heterocycles. The van der Waals surface area contributed by atoms with Crippen LogP contribution in [-0.4, -0.2) is 53.3 Å². The molecular weight excluding hydrogens is 240 g/mol. The zero-order chi connectivity index (χ0) is 13.8. The number of rotatable bonds is 3. The van der Waals surface area contributed by atoms with Crippen LogP contribution in [0.15, 0.2) is 18.3 Å². The van der Waals surface area contributed by atoms with Gasteiger partial charge in [-0.2, -0.15) is 5.26 Å². The van der Waals surface area contributed by atoms with E-state index in [1.54, 1.807) is 18.3 Å². The molecule has 1 aromatic heterocycles. The van der Waals surface area contributed by atoms with Crippen LogP contribution in [0.25, 0.3) is 0 Å². The molecule has 2 atom stereocenters. The Bertz CT molecular complexity index is 469. The van der Waals surface area contributed by atoms with Gasteiger partial charge in [0.1, 0.15) is 11.9 Å². The lowest BCUT2D eigenvalue weighted by Crippen LogP contribution is -2.53. The van der Waals surface area contributed by atoms with Crippen LogP contribution >= 0.6 is 0 Å². The van der Waals surface area contributed by atoms with Crippen molar-refractivity contribution in [1.82, 2.24) is 9.88 Å². The molecule has 0 radical (unpaired) electrons. The van der Waals surface area contributed by atoms with E-state index in [0.29, 0.717) is 18.2 Å². The Morgan fingerprint density at radius 3 is 3.00 bits per heavy atom. The van der Waals surface area contributed by atoms with Gasteiger partial charge in [0.15, 0.2) is 0 Å². The summed E-state index contributed by atoms with van der Waals surface area (Å²) in [7, 11) is 0. The van der Waals surface area contributed by atoms with Crippen molar-refractivity contribution in [2.24, 2.45) is 0 Å². The standard InChI is InChI=1S/C14H20N4O/c1-11-9-18(7-6-17(11)10-12(2)19)14-13(8-15)4-3-5-16-14/h3-5,11-12,19H,6-7,9-10H2,1-2H3/t11-,12+/m1/s1. The van der Waals surface area contributed by atoms with Gasteiger partial charge in [-0.3, -0.25) is 4.90 Å². The zero-order valence-corrected chi connectivity index (χ0v) is 11.5. The van der Waals surface area contributed by atoms with Crippen LogP contribution in [0.5, 0.6) is 0 Å². The first-order valence-corrected chi connectivity index (χ1v) is 6.64. The van der Waals surface area contributed by atoms with Crippen LogP contribution in [0, 0.1) is 11.3 Å². The number of nitriles is 1. The van der Waals surface area contributed by atoms with Gasteiger partial charge in [0.25, 0.3) is 0 Å². The van der Waals surface area contributed by atoms with Gasteiger partial charge >= 0.3 is 0 Å². The highest BCUT2D eigenvalue weighted by Gasteiger charge is 2.26. The molecule has 19 heavy (non-hydrogen) atoms. The number of piperazine rings is 1. The van der Waals surface area contributed by atoms with Crippen LogP contribution in [0.2, 0.25) is 0 Å². The number of hydrogen-bond donors (Lipinski definition) is 1. The van der Waals surface area contributed by atoms with E-state index in [4.69, 9.17) is 5.26 Å². The molecule has 0 spiro atoms. The molecule has 0 aromatic carbocycles. The van der Waals surface area contributed by atoms with E-state index in [0.717, 1.165) is 25.5 Å². The number of anilines is 1. The Labute approximate surface area is 114 Å². The van der Waals surface area contributed by atoms with Crippen LogP contribution in [0.3, 0.4) is 0 Å². The lowest BCUT2D eigenvalue weighted by atomic mass is 10.1. The van der Waals surface area contributed by atoms with E-state index < -0.39 is 0 Å². The van der Waals surface area contributed by atoms with E-state index in [1.807, 2.05) is 6.92 Å². The van der Waals surface area contributed by atoms with E-state index >= 15 is 0 Å². The number of nitrogens with zero attached hydrogens (tertiary/aromatic N) is 4. The maximum Gasteiger partial charge on any atom is 0.146 e. The minimum Gasteiger partial charge on any atom is -0.392 e. The average Bonchev–Trinajstić information content (AvgIpc) is 2.40. The Morgan fingerprint density at radius 1 is 1.58 bits per heavy atom. The maximum absolute atomic E-state index is 9.48. The molecule has 1 aliphatic rings. The molecule has 2 rings (SSSR count). The highest BCUT2D eigenvalue weighted by molar-refractivity contribution is 5.53. The second-order valence-corrected chi connectivity index (χ2v) is 5.13.